The van der Waals surface area contributed by atoms with Gasteiger partial charge in [0.15, 0.2) is 0 Å². The van der Waals surface area contributed by atoms with Crippen molar-refractivity contribution in [1.29, 1.82) is 0 Å². The first-order chi connectivity index (χ1) is 5.63. The van der Waals surface area contributed by atoms with Crippen LogP contribution in [0.5, 0.6) is 0 Å². The average Bonchev–Trinajstić information content (AvgIpc) is 2.01. The monoisotopic (exact) mass is 170 g/mol. The molecule has 0 aliphatic carbocycles. The fourth-order valence-corrected chi connectivity index (χ4v) is 0.918. The zero-order valence-corrected chi connectivity index (χ0v) is 8.32. The second kappa shape index (κ2) is 5.63. The van der Waals surface area contributed by atoms with E-state index in [1.165, 1.54) is 0 Å². The summed E-state index contributed by atoms with van der Waals surface area (Å²) in [6.45, 7) is 6.59. The van der Waals surface area contributed by atoms with Gasteiger partial charge >= 0.3 is 0 Å². The van der Waals surface area contributed by atoms with E-state index in [9.17, 15) is 4.79 Å². The van der Waals surface area contributed by atoms with Crippen LogP contribution < -0.4 is 10.6 Å². The molecule has 0 atom stereocenters. The smallest absolute Gasteiger partial charge is 0.267 e. The highest BCUT2D eigenvalue weighted by atomic mass is 16.2. The topological polar surface area (TPSA) is 41.1 Å². The van der Waals surface area contributed by atoms with Gasteiger partial charge in [-0.15, -0.1) is 0 Å². The van der Waals surface area contributed by atoms with Crippen molar-refractivity contribution in [1.82, 2.24) is 10.6 Å². The predicted octanol–water partition coefficient (Wildman–Crippen LogP) is 1.03. The van der Waals surface area contributed by atoms with E-state index in [0.29, 0.717) is 5.70 Å². The number of hydrogen-bond acceptors (Lipinski definition) is 2. The first kappa shape index (κ1) is 11.0. The van der Waals surface area contributed by atoms with Gasteiger partial charge in [0.2, 0.25) is 0 Å². The molecule has 0 saturated carbocycles. The minimum Gasteiger partial charge on any atom is -0.384 e. The lowest BCUT2D eigenvalue weighted by Gasteiger charge is -2.08. The number of allylic oxidation sites excluding steroid dienone is 1. The largest absolute Gasteiger partial charge is 0.384 e. The summed E-state index contributed by atoms with van der Waals surface area (Å²) >= 11 is 0. The highest BCUT2D eigenvalue weighted by Gasteiger charge is 2.06. The van der Waals surface area contributed by atoms with Gasteiger partial charge in [0.25, 0.3) is 5.91 Å². The van der Waals surface area contributed by atoms with Gasteiger partial charge in [-0.1, -0.05) is 6.92 Å². The first-order valence-corrected chi connectivity index (χ1v) is 4.26. The Morgan fingerprint density at radius 1 is 1.33 bits per heavy atom. The number of amides is 1. The van der Waals surface area contributed by atoms with E-state index < -0.39 is 0 Å². The third-order valence-electron chi connectivity index (χ3n) is 1.51. The quantitative estimate of drug-likeness (QED) is 0.619. The first-order valence-electron chi connectivity index (χ1n) is 4.26. The van der Waals surface area contributed by atoms with Crippen LogP contribution in [0.2, 0.25) is 0 Å². The minimum absolute atomic E-state index is 0.0145. The molecule has 2 N–H and O–H groups in total. The molecule has 0 aromatic heterocycles. The average molecular weight is 170 g/mol. The number of rotatable bonds is 4. The molecule has 0 unspecified atom stereocenters. The summed E-state index contributed by atoms with van der Waals surface area (Å²) in [7, 11) is 1.76. The number of carbonyl (C=O) groups is 1. The molecule has 3 nitrogen and oxygen atoms in total. The van der Waals surface area contributed by atoms with Gasteiger partial charge in [0.1, 0.15) is 0 Å². The summed E-state index contributed by atoms with van der Waals surface area (Å²) in [6, 6.07) is 0. The number of hydrogen-bond donors (Lipinski definition) is 2. The van der Waals surface area contributed by atoms with Gasteiger partial charge in [-0.05, 0) is 25.8 Å². The Bertz CT molecular complexity index is 181. The molecule has 0 aliphatic heterocycles. The zero-order chi connectivity index (χ0) is 9.56. The molecule has 0 saturated heterocycles. The van der Waals surface area contributed by atoms with E-state index in [4.69, 9.17) is 0 Å². The summed E-state index contributed by atoms with van der Waals surface area (Å²) in [4.78, 5) is 11.3. The van der Waals surface area contributed by atoms with Crippen molar-refractivity contribution in [3.8, 4) is 0 Å². The maximum Gasteiger partial charge on any atom is 0.267 e. The Morgan fingerprint density at radius 2 is 1.92 bits per heavy atom. The van der Waals surface area contributed by atoms with E-state index in [-0.39, 0.29) is 5.91 Å². The van der Waals surface area contributed by atoms with Crippen molar-refractivity contribution in [3.63, 3.8) is 0 Å². The van der Waals surface area contributed by atoms with Crippen LogP contribution in [0.25, 0.3) is 0 Å². The van der Waals surface area contributed by atoms with Gasteiger partial charge in [-0.2, -0.15) is 0 Å². The van der Waals surface area contributed by atoms with Gasteiger partial charge in [-0.25, -0.2) is 0 Å². The molecular formula is C9H18N2O. The van der Waals surface area contributed by atoms with Crippen LogP contribution in [-0.2, 0) is 4.79 Å². The molecule has 0 heterocycles. The van der Waals surface area contributed by atoms with Crippen LogP contribution in [-0.4, -0.2) is 19.5 Å². The van der Waals surface area contributed by atoms with Gasteiger partial charge in [0, 0.05) is 13.6 Å². The van der Waals surface area contributed by atoms with Crippen molar-refractivity contribution in [2.24, 2.45) is 0 Å². The lowest BCUT2D eigenvalue weighted by molar-refractivity contribution is -0.117. The van der Waals surface area contributed by atoms with E-state index in [1.807, 2.05) is 20.8 Å². The molecule has 0 aliphatic rings. The Labute approximate surface area is 74.2 Å². The highest BCUT2D eigenvalue weighted by Crippen LogP contribution is 1.97. The van der Waals surface area contributed by atoms with Crippen LogP contribution in [0.15, 0.2) is 11.3 Å². The highest BCUT2D eigenvalue weighted by molar-refractivity contribution is 5.93. The minimum atomic E-state index is -0.0145. The van der Waals surface area contributed by atoms with E-state index >= 15 is 0 Å². The maximum atomic E-state index is 11.3. The maximum absolute atomic E-state index is 11.3. The molecule has 0 bridgehead atoms. The van der Waals surface area contributed by atoms with Crippen LogP contribution >= 0.6 is 0 Å². The summed E-state index contributed by atoms with van der Waals surface area (Å²) in [6.07, 6.45) is 0.964. The second-order valence-corrected chi connectivity index (χ2v) is 2.88. The third-order valence-corrected chi connectivity index (χ3v) is 1.51. The van der Waals surface area contributed by atoms with Crippen molar-refractivity contribution in [3.05, 3.63) is 11.3 Å². The lowest BCUT2D eigenvalue weighted by atomic mass is 10.2. The molecular weight excluding hydrogens is 152 g/mol. The fourth-order valence-electron chi connectivity index (χ4n) is 0.918. The van der Waals surface area contributed by atoms with E-state index in [1.54, 1.807) is 7.05 Å². The predicted molar refractivity (Wildman–Crippen MR) is 50.7 cm³/mol. The lowest BCUT2D eigenvalue weighted by Crippen LogP contribution is -2.31. The van der Waals surface area contributed by atoms with Gasteiger partial charge in [0.05, 0.1) is 5.70 Å². The van der Waals surface area contributed by atoms with Gasteiger partial charge in [-0.3, -0.25) is 4.79 Å². The molecule has 0 radical (unpaired) electrons. The van der Waals surface area contributed by atoms with Crippen molar-refractivity contribution < 1.29 is 4.79 Å². The van der Waals surface area contributed by atoms with Crippen LogP contribution in [0.4, 0.5) is 0 Å². The molecule has 12 heavy (non-hydrogen) atoms. The van der Waals surface area contributed by atoms with Crippen molar-refractivity contribution in [2.45, 2.75) is 27.2 Å². The summed E-state index contributed by atoms with van der Waals surface area (Å²) in [5.41, 5.74) is 1.68. The number of nitrogens with one attached hydrogen (secondary N) is 2. The molecule has 1 amide bonds. The SMILES string of the molecule is CCCNC(=O)C(NC)=C(C)C. The number of likely N-dealkylation sites (N-methyl/N-ethyl adjacent to an activating group) is 1. The van der Waals surface area contributed by atoms with Crippen molar-refractivity contribution in [2.75, 3.05) is 13.6 Å². The van der Waals surface area contributed by atoms with Crippen LogP contribution in [0.1, 0.15) is 27.2 Å². The van der Waals surface area contributed by atoms with Crippen LogP contribution in [0, 0.1) is 0 Å². The Balaban J connectivity index is 4.15. The van der Waals surface area contributed by atoms with Crippen LogP contribution in [0.3, 0.4) is 0 Å². The number of carbonyl (C=O) groups excluding carboxylic acids is 1. The molecule has 0 fully saturated rings. The molecule has 70 valence electrons. The third kappa shape index (κ3) is 3.42. The molecule has 0 spiro atoms. The fraction of sp³-hybridized carbons (Fsp3) is 0.667. The zero-order valence-electron chi connectivity index (χ0n) is 8.32. The Hall–Kier alpha value is -0.990. The molecule has 0 aromatic carbocycles. The van der Waals surface area contributed by atoms with Crippen molar-refractivity contribution >= 4 is 5.91 Å². The normalized spacial score (nSPS) is 9.00. The van der Waals surface area contributed by atoms with Gasteiger partial charge < -0.3 is 10.6 Å². The standard InChI is InChI=1S/C9H18N2O/c1-5-6-11-9(12)8(10-4)7(2)3/h10H,5-6H2,1-4H3,(H,11,12). The Morgan fingerprint density at radius 3 is 2.25 bits per heavy atom. The molecule has 3 heteroatoms. The summed E-state index contributed by atoms with van der Waals surface area (Å²) in [5.74, 6) is -0.0145. The second-order valence-electron chi connectivity index (χ2n) is 2.88. The van der Waals surface area contributed by atoms with E-state index in [2.05, 4.69) is 10.6 Å². The molecule has 0 rings (SSSR count). The van der Waals surface area contributed by atoms with E-state index in [0.717, 1.165) is 18.5 Å². The summed E-state index contributed by atoms with van der Waals surface area (Å²) < 4.78 is 0. The summed E-state index contributed by atoms with van der Waals surface area (Å²) in [5, 5.41) is 5.68. The Kier molecular flexibility index (Phi) is 5.17. The molecule has 0 aromatic rings.